The highest BCUT2D eigenvalue weighted by Gasteiger charge is 2.78. The average molecular weight is 479 g/mol. The van der Waals surface area contributed by atoms with Crippen LogP contribution in [0.3, 0.4) is 0 Å². The number of aliphatic hydroxyl groups excluding tert-OH is 2. The molecule has 0 spiro atoms. The summed E-state index contributed by atoms with van der Waals surface area (Å²) >= 11 is 0. The molecule has 2 saturated heterocycles. The van der Waals surface area contributed by atoms with Gasteiger partial charge in [-0.15, -0.1) is 0 Å². The van der Waals surface area contributed by atoms with Crippen molar-refractivity contribution >= 4 is 5.97 Å². The van der Waals surface area contributed by atoms with Gasteiger partial charge in [0.1, 0.15) is 6.10 Å². The first-order chi connectivity index (χ1) is 15.8. The summed E-state index contributed by atoms with van der Waals surface area (Å²) in [6.07, 6.45) is -1.59. The van der Waals surface area contributed by atoms with E-state index in [0.29, 0.717) is 6.42 Å². The third-order valence-electron chi connectivity index (χ3n) is 9.83. The maximum atomic E-state index is 12.5. The lowest BCUT2D eigenvalue weighted by Gasteiger charge is -2.67. The lowest BCUT2D eigenvalue weighted by atomic mass is 9.49. The first-order valence-corrected chi connectivity index (χ1v) is 12.3. The van der Waals surface area contributed by atoms with E-state index in [2.05, 4.69) is 6.58 Å². The predicted molar refractivity (Wildman–Crippen MR) is 121 cm³/mol. The summed E-state index contributed by atoms with van der Waals surface area (Å²) < 4.78 is 24.8. The molecular weight excluding hydrogens is 440 g/mol. The minimum Gasteiger partial charge on any atom is -0.454 e. The second-order valence-corrected chi connectivity index (χ2v) is 11.8. The van der Waals surface area contributed by atoms with E-state index in [1.807, 2.05) is 20.8 Å². The zero-order valence-corrected chi connectivity index (χ0v) is 20.9. The van der Waals surface area contributed by atoms with Crippen molar-refractivity contribution < 1.29 is 39.1 Å². The van der Waals surface area contributed by atoms with Gasteiger partial charge in [0.05, 0.1) is 36.6 Å². The summed E-state index contributed by atoms with van der Waals surface area (Å²) in [7, 11) is 0. The third-order valence-corrected chi connectivity index (χ3v) is 9.83. The second-order valence-electron chi connectivity index (χ2n) is 11.8. The highest BCUT2D eigenvalue weighted by Crippen LogP contribution is 2.69. The maximum absolute atomic E-state index is 12.5. The van der Waals surface area contributed by atoms with Crippen molar-refractivity contribution in [3.8, 4) is 0 Å². The quantitative estimate of drug-likeness (QED) is 0.416. The number of carbonyl (C=O) groups is 1. The summed E-state index contributed by atoms with van der Waals surface area (Å²) in [6, 6.07) is 0. The topological polar surface area (TPSA) is 115 Å². The van der Waals surface area contributed by atoms with E-state index in [1.54, 1.807) is 19.9 Å². The van der Waals surface area contributed by atoms with Gasteiger partial charge in [-0.2, -0.15) is 0 Å². The van der Waals surface area contributed by atoms with Crippen LogP contribution in [0.25, 0.3) is 0 Å². The van der Waals surface area contributed by atoms with E-state index in [1.165, 1.54) is 6.92 Å². The van der Waals surface area contributed by atoms with Crippen LogP contribution in [0, 0.1) is 22.7 Å². The number of hydrogen-bond donors (Lipinski definition) is 3. The molecule has 3 N–H and O–H groups in total. The van der Waals surface area contributed by atoms with Gasteiger partial charge in [0.25, 0.3) is 0 Å². The Balaban J connectivity index is 1.81. The van der Waals surface area contributed by atoms with Crippen LogP contribution in [0.4, 0.5) is 0 Å². The van der Waals surface area contributed by atoms with Crippen LogP contribution in [-0.2, 0) is 23.7 Å². The number of carbonyl (C=O) groups excluding carboxylic acids is 1. The molecule has 190 valence electrons. The normalized spacial score (nSPS) is 52.0. The van der Waals surface area contributed by atoms with Crippen molar-refractivity contribution in [2.24, 2.45) is 22.7 Å². The monoisotopic (exact) mass is 478 g/mol. The molecule has 0 aromatic heterocycles. The highest BCUT2D eigenvalue weighted by atomic mass is 16.7. The number of rotatable bonds is 3. The van der Waals surface area contributed by atoms with E-state index >= 15 is 0 Å². The van der Waals surface area contributed by atoms with E-state index < -0.39 is 64.6 Å². The smallest absolute Gasteiger partial charge is 0.303 e. The van der Waals surface area contributed by atoms with E-state index in [9.17, 15) is 20.1 Å². The largest absolute Gasteiger partial charge is 0.454 e. The Hall–Kier alpha value is -1.29. The molecule has 4 fully saturated rings. The van der Waals surface area contributed by atoms with Gasteiger partial charge in [-0.1, -0.05) is 26.0 Å². The molecule has 8 heteroatoms. The predicted octanol–water partition coefficient (Wildman–Crippen LogP) is 1.86. The van der Waals surface area contributed by atoms with Gasteiger partial charge >= 0.3 is 5.97 Å². The minimum atomic E-state index is -1.39. The van der Waals surface area contributed by atoms with Crippen LogP contribution >= 0.6 is 0 Å². The molecular formula is C26H38O8. The van der Waals surface area contributed by atoms with Crippen molar-refractivity contribution in [2.45, 2.75) is 102 Å². The minimum absolute atomic E-state index is 0.149. The van der Waals surface area contributed by atoms with E-state index in [-0.39, 0.29) is 25.0 Å². The van der Waals surface area contributed by atoms with Crippen molar-refractivity contribution in [1.82, 2.24) is 0 Å². The molecule has 0 bridgehead atoms. The van der Waals surface area contributed by atoms with E-state index in [4.69, 9.17) is 18.9 Å². The van der Waals surface area contributed by atoms with Gasteiger partial charge in [-0.3, -0.25) is 4.79 Å². The Labute approximate surface area is 200 Å². The Morgan fingerprint density at radius 1 is 1.26 bits per heavy atom. The molecule has 8 nitrogen and oxygen atoms in total. The third kappa shape index (κ3) is 2.73. The van der Waals surface area contributed by atoms with Crippen molar-refractivity contribution in [3.63, 3.8) is 0 Å². The molecule has 2 heterocycles. The van der Waals surface area contributed by atoms with Crippen LogP contribution in [-0.4, -0.2) is 75.9 Å². The fourth-order valence-corrected chi connectivity index (χ4v) is 8.47. The van der Waals surface area contributed by atoms with Crippen LogP contribution in [0.1, 0.15) is 54.4 Å². The molecule has 0 radical (unpaired) electrons. The van der Waals surface area contributed by atoms with Crippen LogP contribution < -0.4 is 0 Å². The highest BCUT2D eigenvalue weighted by molar-refractivity contribution is 5.67. The van der Waals surface area contributed by atoms with Crippen molar-refractivity contribution in [2.75, 3.05) is 6.61 Å². The summed E-state index contributed by atoms with van der Waals surface area (Å²) in [4.78, 5) is 12.4. The Bertz CT molecular complexity index is 938. The van der Waals surface area contributed by atoms with Crippen LogP contribution in [0.5, 0.6) is 0 Å². The lowest BCUT2D eigenvalue weighted by molar-refractivity contribution is -0.391. The van der Waals surface area contributed by atoms with Crippen molar-refractivity contribution in [3.05, 3.63) is 23.8 Å². The van der Waals surface area contributed by atoms with Gasteiger partial charge in [-0.25, -0.2) is 0 Å². The van der Waals surface area contributed by atoms with Gasteiger partial charge in [0.2, 0.25) is 0 Å². The van der Waals surface area contributed by atoms with Gasteiger partial charge in [0, 0.05) is 36.0 Å². The van der Waals surface area contributed by atoms with Crippen molar-refractivity contribution in [1.29, 1.82) is 0 Å². The maximum Gasteiger partial charge on any atom is 0.303 e. The number of fused-ring (bicyclic) bond motifs is 3. The van der Waals surface area contributed by atoms with Crippen LogP contribution in [0.15, 0.2) is 23.8 Å². The first kappa shape index (κ1) is 24.4. The summed E-state index contributed by atoms with van der Waals surface area (Å²) in [5.41, 5.74) is -2.85. The summed E-state index contributed by atoms with van der Waals surface area (Å²) in [5.74, 6) is -1.37. The molecule has 0 aromatic carbocycles. The van der Waals surface area contributed by atoms with Gasteiger partial charge in [0.15, 0.2) is 11.9 Å². The first-order valence-electron chi connectivity index (χ1n) is 12.3. The lowest BCUT2D eigenvalue weighted by Crippen LogP contribution is -2.79. The zero-order chi connectivity index (χ0) is 25.0. The fraction of sp³-hybridized carbons (Fsp3) is 0.808. The Kier molecular flexibility index (Phi) is 5.29. The Morgan fingerprint density at radius 3 is 2.47 bits per heavy atom. The average Bonchev–Trinajstić information content (AvgIpc) is 2.98. The van der Waals surface area contributed by atoms with E-state index in [0.717, 1.165) is 11.1 Å². The molecule has 34 heavy (non-hydrogen) atoms. The zero-order valence-electron chi connectivity index (χ0n) is 20.9. The number of aliphatic hydroxyl groups is 3. The van der Waals surface area contributed by atoms with Gasteiger partial charge < -0.3 is 34.3 Å². The molecule has 0 amide bonds. The fourth-order valence-electron chi connectivity index (χ4n) is 8.47. The van der Waals surface area contributed by atoms with Crippen LogP contribution in [0.2, 0.25) is 0 Å². The summed E-state index contributed by atoms with van der Waals surface area (Å²) in [6.45, 7) is 14.7. The number of esters is 1. The molecule has 2 aliphatic heterocycles. The number of hydrogen-bond acceptors (Lipinski definition) is 8. The molecule has 5 rings (SSSR count). The molecule has 3 aliphatic carbocycles. The Morgan fingerprint density at radius 2 is 1.94 bits per heavy atom. The molecule has 5 aliphatic rings. The number of ether oxygens (including phenoxy) is 4. The summed E-state index contributed by atoms with van der Waals surface area (Å²) in [5, 5.41) is 35.2. The SMILES string of the molecule is C=CC1O[C@H]2C[C@H]3OC[C@@]3(OC(C)=O)[C@H]3[C@H](O)[C@]4(C(C)(C)O)C[C@H](O)C(C)=C4[C@H](C)[C@H](O1)[C@]23C. The second kappa shape index (κ2) is 7.37. The molecule has 0 aromatic rings. The molecule has 11 atom stereocenters. The molecule has 1 unspecified atom stereocenters. The van der Waals surface area contributed by atoms with Gasteiger partial charge in [-0.05, 0) is 38.8 Å². The molecule has 2 saturated carbocycles. The standard InChI is InChI=1S/C26H38O8/c1-8-18-32-16-9-17-26(11-31-17,34-14(4)27)20-21(29)25(23(5,6)30)10-15(28)12(2)19(25)13(3)22(33-18)24(16,20)7/h8,13,15-18,20-22,28-30H,1,9-11H2,2-7H3/t13-,15-,16-,17+,18?,20-,21-,22-,24+,25-,26-/m0/s1.